The van der Waals surface area contributed by atoms with Gasteiger partial charge in [-0.3, -0.25) is 4.72 Å². The van der Waals surface area contributed by atoms with Crippen molar-refractivity contribution in [3.63, 3.8) is 0 Å². The predicted octanol–water partition coefficient (Wildman–Crippen LogP) is 1.65. The number of aromatic nitrogens is 2. The molecular weight excluding hydrogens is 295 g/mol. The minimum absolute atomic E-state index is 0.0405. The highest BCUT2D eigenvalue weighted by atomic mass is 35.5. The topological polar surface area (TPSA) is 98.0 Å². The molecule has 0 radical (unpaired) electrons. The predicted molar refractivity (Wildman–Crippen MR) is 68.7 cm³/mol. The summed E-state index contributed by atoms with van der Waals surface area (Å²) < 4.78 is 39.2. The first-order valence-corrected chi connectivity index (χ1v) is 6.80. The van der Waals surface area contributed by atoms with Crippen LogP contribution in [0.25, 0.3) is 0 Å². The quantitative estimate of drug-likeness (QED) is 0.898. The zero-order valence-corrected chi connectivity index (χ0v) is 10.9. The van der Waals surface area contributed by atoms with E-state index in [-0.39, 0.29) is 21.6 Å². The third-order valence-corrected chi connectivity index (χ3v) is 3.77. The molecule has 2 aromatic rings. The first-order valence-electron chi connectivity index (χ1n) is 4.94. The van der Waals surface area contributed by atoms with E-state index in [1.54, 1.807) is 0 Å². The molecule has 0 bridgehead atoms. The summed E-state index contributed by atoms with van der Waals surface area (Å²) in [4.78, 5) is 6.96. The minimum Gasteiger partial charge on any atom is -0.368 e. The van der Waals surface area contributed by atoms with Crippen molar-refractivity contribution in [2.24, 2.45) is 0 Å². The summed E-state index contributed by atoms with van der Waals surface area (Å²) in [6.07, 6.45) is 2.11. The Hall–Kier alpha value is -1.93. The second-order valence-corrected chi connectivity index (χ2v) is 5.60. The second-order valence-electron chi connectivity index (χ2n) is 3.51. The van der Waals surface area contributed by atoms with E-state index in [9.17, 15) is 12.8 Å². The van der Waals surface area contributed by atoms with Gasteiger partial charge in [-0.15, -0.1) is 0 Å². The van der Waals surface area contributed by atoms with Gasteiger partial charge in [0.2, 0.25) is 5.95 Å². The van der Waals surface area contributed by atoms with Crippen molar-refractivity contribution >= 4 is 33.3 Å². The van der Waals surface area contributed by atoms with Crippen LogP contribution in [0.3, 0.4) is 0 Å². The number of halogens is 2. The number of hydrogen-bond donors (Lipinski definition) is 2. The molecule has 0 fully saturated rings. The highest BCUT2D eigenvalue weighted by Gasteiger charge is 2.16. The summed E-state index contributed by atoms with van der Waals surface area (Å²) in [7, 11) is -3.90. The maximum absolute atomic E-state index is 13.2. The Morgan fingerprint density at radius 1 is 1.26 bits per heavy atom. The third-order valence-electron chi connectivity index (χ3n) is 2.13. The Kier molecular flexibility index (Phi) is 3.54. The first kappa shape index (κ1) is 13.5. The van der Waals surface area contributed by atoms with Crippen LogP contribution in [-0.4, -0.2) is 18.4 Å². The molecule has 1 aromatic carbocycles. The maximum atomic E-state index is 13.2. The van der Waals surface area contributed by atoms with Gasteiger partial charge in [-0.25, -0.2) is 22.8 Å². The van der Waals surface area contributed by atoms with E-state index in [0.29, 0.717) is 0 Å². The Labute approximate surface area is 113 Å². The number of hydrogen-bond acceptors (Lipinski definition) is 5. The lowest BCUT2D eigenvalue weighted by molar-refractivity contribution is 0.600. The summed E-state index contributed by atoms with van der Waals surface area (Å²) in [5, 5.41) is -0.0984. The van der Waals surface area contributed by atoms with E-state index in [2.05, 4.69) is 14.7 Å². The third kappa shape index (κ3) is 3.09. The molecule has 9 heteroatoms. The fraction of sp³-hybridized carbons (Fsp3) is 0. The molecule has 0 spiro atoms. The number of rotatable bonds is 3. The van der Waals surface area contributed by atoms with Crippen molar-refractivity contribution < 1.29 is 12.8 Å². The van der Waals surface area contributed by atoms with Crippen molar-refractivity contribution in [2.45, 2.75) is 4.90 Å². The molecule has 1 heterocycles. The number of nitrogens with zero attached hydrogens (tertiary/aromatic N) is 2. The molecule has 0 aliphatic rings. The first-order chi connectivity index (χ1) is 8.88. The van der Waals surface area contributed by atoms with Gasteiger partial charge in [-0.2, -0.15) is 0 Å². The number of anilines is 2. The van der Waals surface area contributed by atoms with Crippen LogP contribution in [0.1, 0.15) is 0 Å². The molecule has 3 N–H and O–H groups in total. The average Bonchev–Trinajstić information content (AvgIpc) is 2.34. The number of benzene rings is 1. The summed E-state index contributed by atoms with van der Waals surface area (Å²) in [5.74, 6) is -0.771. The number of nitrogens with two attached hydrogens (primary N) is 1. The summed E-state index contributed by atoms with van der Waals surface area (Å²) in [5.41, 5.74) is 5.30. The van der Waals surface area contributed by atoms with Crippen LogP contribution < -0.4 is 10.5 Å². The average molecular weight is 303 g/mol. The molecule has 0 aliphatic carbocycles. The van der Waals surface area contributed by atoms with Crippen LogP contribution in [-0.2, 0) is 10.0 Å². The largest absolute Gasteiger partial charge is 0.368 e. The maximum Gasteiger partial charge on any atom is 0.264 e. The Balaban J connectivity index is 2.30. The summed E-state index contributed by atoms with van der Waals surface area (Å²) in [6.45, 7) is 0. The van der Waals surface area contributed by atoms with Crippen molar-refractivity contribution in [3.8, 4) is 0 Å². The molecule has 0 saturated carbocycles. The van der Waals surface area contributed by atoms with E-state index in [1.165, 1.54) is 12.1 Å². The van der Waals surface area contributed by atoms with E-state index in [0.717, 1.165) is 18.5 Å². The van der Waals surface area contributed by atoms with Gasteiger partial charge in [0.1, 0.15) is 10.7 Å². The SMILES string of the molecule is Nc1ncc(S(=O)(=O)Nc2ccc(Cl)c(F)c2)cn1. The Morgan fingerprint density at radius 3 is 2.47 bits per heavy atom. The Morgan fingerprint density at radius 2 is 1.89 bits per heavy atom. The molecule has 100 valence electrons. The molecule has 0 aliphatic heterocycles. The van der Waals surface area contributed by atoms with Crippen LogP contribution in [0.5, 0.6) is 0 Å². The lowest BCUT2D eigenvalue weighted by atomic mass is 10.3. The van der Waals surface area contributed by atoms with Crippen molar-refractivity contribution in [1.29, 1.82) is 0 Å². The van der Waals surface area contributed by atoms with E-state index in [4.69, 9.17) is 17.3 Å². The number of nitrogen functional groups attached to an aromatic ring is 1. The van der Waals surface area contributed by atoms with Crippen LogP contribution >= 0.6 is 11.6 Å². The minimum atomic E-state index is -3.90. The smallest absolute Gasteiger partial charge is 0.264 e. The molecule has 2 rings (SSSR count). The summed E-state index contributed by atoms with van der Waals surface area (Å²) in [6, 6.07) is 3.55. The van der Waals surface area contributed by atoms with Gasteiger partial charge in [-0.1, -0.05) is 11.6 Å². The fourth-order valence-corrected chi connectivity index (χ4v) is 2.29. The highest BCUT2D eigenvalue weighted by Crippen LogP contribution is 2.21. The zero-order chi connectivity index (χ0) is 14.0. The van der Waals surface area contributed by atoms with Gasteiger partial charge in [0, 0.05) is 0 Å². The van der Waals surface area contributed by atoms with Gasteiger partial charge in [0.15, 0.2) is 0 Å². The highest BCUT2D eigenvalue weighted by molar-refractivity contribution is 7.92. The Bertz CT molecular complexity index is 706. The molecule has 0 amide bonds. The van der Waals surface area contributed by atoms with E-state index < -0.39 is 15.8 Å². The normalized spacial score (nSPS) is 11.3. The van der Waals surface area contributed by atoms with Crippen molar-refractivity contribution in [1.82, 2.24) is 9.97 Å². The van der Waals surface area contributed by atoms with Gasteiger partial charge in [0.05, 0.1) is 23.1 Å². The second kappa shape index (κ2) is 4.98. The van der Waals surface area contributed by atoms with Crippen molar-refractivity contribution in [2.75, 3.05) is 10.5 Å². The molecule has 0 unspecified atom stereocenters. The molecule has 1 aromatic heterocycles. The lowest BCUT2D eigenvalue weighted by Gasteiger charge is -2.07. The van der Waals surface area contributed by atoms with Gasteiger partial charge in [-0.05, 0) is 18.2 Å². The van der Waals surface area contributed by atoms with Gasteiger partial charge >= 0.3 is 0 Å². The lowest BCUT2D eigenvalue weighted by Crippen LogP contribution is -2.14. The molecule has 19 heavy (non-hydrogen) atoms. The molecular formula is C10H8ClFN4O2S. The molecule has 0 saturated heterocycles. The molecule has 0 atom stereocenters. The fourth-order valence-electron chi connectivity index (χ4n) is 1.24. The van der Waals surface area contributed by atoms with E-state index in [1.807, 2.05) is 0 Å². The number of nitrogens with one attached hydrogen (secondary N) is 1. The molecule has 6 nitrogen and oxygen atoms in total. The van der Waals surface area contributed by atoms with Gasteiger partial charge < -0.3 is 5.73 Å². The van der Waals surface area contributed by atoms with E-state index >= 15 is 0 Å². The van der Waals surface area contributed by atoms with Crippen LogP contribution in [0, 0.1) is 5.82 Å². The summed E-state index contributed by atoms with van der Waals surface area (Å²) >= 11 is 5.50. The monoisotopic (exact) mass is 302 g/mol. The van der Waals surface area contributed by atoms with Gasteiger partial charge in [0.25, 0.3) is 10.0 Å². The van der Waals surface area contributed by atoms with Crippen LogP contribution in [0.2, 0.25) is 5.02 Å². The van der Waals surface area contributed by atoms with Crippen LogP contribution in [0.15, 0.2) is 35.5 Å². The zero-order valence-electron chi connectivity index (χ0n) is 9.34. The van der Waals surface area contributed by atoms with Crippen LogP contribution in [0.4, 0.5) is 16.0 Å². The number of sulfonamides is 1. The standard InChI is InChI=1S/C10H8ClFN4O2S/c11-8-2-1-6(3-9(8)12)16-19(17,18)7-4-14-10(13)15-5-7/h1-5,16H,(H2,13,14,15). The van der Waals surface area contributed by atoms with Crippen molar-refractivity contribution in [3.05, 3.63) is 41.4 Å².